The molecule has 1 aromatic carbocycles. The number of benzene rings is 1. The number of aliphatic hydroxyl groups is 1. The number of rotatable bonds is 5. The van der Waals surface area contributed by atoms with Crippen molar-refractivity contribution in [2.45, 2.75) is 37.8 Å². The molecular weight excluding hydrogens is 318 g/mol. The number of ether oxygens (including phenoxy) is 1. The molecule has 0 aliphatic carbocycles. The van der Waals surface area contributed by atoms with Crippen molar-refractivity contribution in [2.24, 2.45) is 7.05 Å². The van der Waals surface area contributed by atoms with Gasteiger partial charge in [-0.1, -0.05) is 12.1 Å². The van der Waals surface area contributed by atoms with E-state index in [1.54, 1.807) is 23.6 Å². The van der Waals surface area contributed by atoms with Crippen LogP contribution < -0.4 is 4.74 Å². The van der Waals surface area contributed by atoms with Gasteiger partial charge < -0.3 is 14.7 Å². The van der Waals surface area contributed by atoms with E-state index in [9.17, 15) is 9.90 Å². The van der Waals surface area contributed by atoms with E-state index < -0.39 is 5.60 Å². The first-order valence-electron chi connectivity index (χ1n) is 8.56. The van der Waals surface area contributed by atoms with E-state index in [1.807, 2.05) is 43.6 Å². The van der Waals surface area contributed by atoms with Crippen LogP contribution in [0.25, 0.3) is 0 Å². The number of nitrogens with zero attached hydrogens (tertiary/aromatic N) is 3. The van der Waals surface area contributed by atoms with E-state index in [0.29, 0.717) is 6.54 Å². The maximum atomic E-state index is 12.8. The zero-order chi connectivity index (χ0) is 18.0. The van der Waals surface area contributed by atoms with Crippen molar-refractivity contribution in [3.8, 4) is 5.75 Å². The number of hydrogen-bond acceptors (Lipinski definition) is 4. The average molecular weight is 343 g/mol. The summed E-state index contributed by atoms with van der Waals surface area (Å²) >= 11 is 0. The van der Waals surface area contributed by atoms with Gasteiger partial charge in [-0.15, -0.1) is 0 Å². The lowest BCUT2D eigenvalue weighted by molar-refractivity contribution is -0.137. The number of carbonyl (C=O) groups excluding carboxylic acids is 1. The van der Waals surface area contributed by atoms with Gasteiger partial charge in [-0.3, -0.25) is 9.48 Å². The number of amides is 1. The first-order chi connectivity index (χ1) is 11.9. The van der Waals surface area contributed by atoms with Crippen molar-refractivity contribution < 1.29 is 14.6 Å². The molecule has 0 bridgehead atoms. The van der Waals surface area contributed by atoms with Crippen LogP contribution in [0.2, 0.25) is 0 Å². The molecule has 134 valence electrons. The van der Waals surface area contributed by atoms with E-state index in [-0.39, 0.29) is 18.4 Å². The molecule has 2 atom stereocenters. The van der Waals surface area contributed by atoms with Crippen molar-refractivity contribution in [1.82, 2.24) is 14.7 Å². The van der Waals surface area contributed by atoms with Crippen LogP contribution in [0.4, 0.5) is 0 Å². The molecule has 0 saturated carbocycles. The molecule has 6 heteroatoms. The second-order valence-corrected chi connectivity index (χ2v) is 6.78. The summed E-state index contributed by atoms with van der Waals surface area (Å²) in [5.41, 5.74) is 0.431. The van der Waals surface area contributed by atoms with Gasteiger partial charge in [0.1, 0.15) is 11.4 Å². The monoisotopic (exact) mass is 343 g/mol. The summed E-state index contributed by atoms with van der Waals surface area (Å²) in [6.45, 7) is 2.45. The number of aryl methyl sites for hydroxylation is 1. The van der Waals surface area contributed by atoms with Gasteiger partial charge in [0, 0.05) is 19.8 Å². The normalized spacial score (nSPS) is 19.7. The Kier molecular flexibility index (Phi) is 4.81. The second kappa shape index (κ2) is 6.88. The third-order valence-corrected chi connectivity index (χ3v) is 5.00. The summed E-state index contributed by atoms with van der Waals surface area (Å²) in [6.07, 6.45) is 3.77. The summed E-state index contributed by atoms with van der Waals surface area (Å²) in [5, 5.41) is 15.5. The molecule has 3 rings (SSSR count). The van der Waals surface area contributed by atoms with Crippen LogP contribution in [0.15, 0.2) is 36.5 Å². The molecule has 2 heterocycles. The summed E-state index contributed by atoms with van der Waals surface area (Å²) in [4.78, 5) is 14.6. The fourth-order valence-electron chi connectivity index (χ4n) is 3.58. The zero-order valence-electron chi connectivity index (χ0n) is 15.0. The molecule has 1 fully saturated rings. The quantitative estimate of drug-likeness (QED) is 0.900. The molecular formula is C19H25N3O3. The predicted octanol–water partition coefficient (Wildman–Crippen LogP) is 1.87. The van der Waals surface area contributed by atoms with Gasteiger partial charge in [0.15, 0.2) is 0 Å². The van der Waals surface area contributed by atoms with Crippen LogP contribution in [0.1, 0.15) is 31.0 Å². The van der Waals surface area contributed by atoms with Gasteiger partial charge in [-0.2, -0.15) is 5.10 Å². The SMILES string of the molecule is COc1ccc([C@@](C)(O)[C@@H]2CCCN2C(=O)Cc2ccn(C)n2)cc1. The molecule has 0 unspecified atom stereocenters. The number of aromatic nitrogens is 2. The molecule has 1 saturated heterocycles. The average Bonchev–Trinajstić information content (AvgIpc) is 3.24. The van der Waals surface area contributed by atoms with Gasteiger partial charge in [0.25, 0.3) is 0 Å². The predicted molar refractivity (Wildman–Crippen MR) is 94.2 cm³/mol. The maximum Gasteiger partial charge on any atom is 0.229 e. The lowest BCUT2D eigenvalue weighted by Crippen LogP contribution is -2.48. The van der Waals surface area contributed by atoms with Gasteiger partial charge in [0.2, 0.25) is 5.91 Å². The molecule has 2 aromatic rings. The summed E-state index contributed by atoms with van der Waals surface area (Å²) in [6, 6.07) is 9.00. The molecule has 0 radical (unpaired) electrons. The van der Waals surface area contributed by atoms with Gasteiger partial charge in [-0.05, 0) is 43.5 Å². The van der Waals surface area contributed by atoms with Crippen molar-refractivity contribution >= 4 is 5.91 Å². The van der Waals surface area contributed by atoms with Crippen molar-refractivity contribution in [3.63, 3.8) is 0 Å². The molecule has 1 aliphatic rings. The maximum absolute atomic E-state index is 12.8. The Morgan fingerprint density at radius 2 is 2.08 bits per heavy atom. The Morgan fingerprint density at radius 1 is 1.36 bits per heavy atom. The van der Waals surface area contributed by atoms with Crippen molar-refractivity contribution in [2.75, 3.05) is 13.7 Å². The van der Waals surface area contributed by atoms with Crippen LogP contribution in [0.3, 0.4) is 0 Å². The van der Waals surface area contributed by atoms with E-state index in [1.165, 1.54) is 0 Å². The highest BCUT2D eigenvalue weighted by molar-refractivity contribution is 5.79. The van der Waals surface area contributed by atoms with Crippen LogP contribution in [-0.4, -0.2) is 45.4 Å². The molecule has 1 N–H and O–H groups in total. The molecule has 6 nitrogen and oxygen atoms in total. The molecule has 1 amide bonds. The minimum absolute atomic E-state index is 0.00925. The molecule has 1 aromatic heterocycles. The van der Waals surface area contributed by atoms with E-state index in [4.69, 9.17) is 4.74 Å². The van der Waals surface area contributed by atoms with Crippen LogP contribution in [0.5, 0.6) is 5.75 Å². The third kappa shape index (κ3) is 3.54. The smallest absolute Gasteiger partial charge is 0.229 e. The third-order valence-electron chi connectivity index (χ3n) is 5.00. The Bertz CT molecular complexity index is 737. The fraction of sp³-hybridized carbons (Fsp3) is 0.474. The Morgan fingerprint density at radius 3 is 2.68 bits per heavy atom. The first kappa shape index (κ1) is 17.5. The van der Waals surface area contributed by atoms with Crippen LogP contribution in [0, 0.1) is 0 Å². The van der Waals surface area contributed by atoms with Gasteiger partial charge in [-0.25, -0.2) is 0 Å². The highest BCUT2D eigenvalue weighted by Gasteiger charge is 2.42. The Balaban J connectivity index is 1.77. The first-order valence-corrected chi connectivity index (χ1v) is 8.56. The van der Waals surface area contributed by atoms with E-state index in [0.717, 1.165) is 29.8 Å². The topological polar surface area (TPSA) is 67.6 Å². The number of likely N-dealkylation sites (tertiary alicyclic amines) is 1. The van der Waals surface area contributed by atoms with Gasteiger partial charge in [0.05, 0.1) is 25.3 Å². The Hall–Kier alpha value is -2.34. The molecule has 25 heavy (non-hydrogen) atoms. The van der Waals surface area contributed by atoms with Crippen LogP contribution in [-0.2, 0) is 23.9 Å². The highest BCUT2D eigenvalue weighted by atomic mass is 16.5. The van der Waals surface area contributed by atoms with Gasteiger partial charge >= 0.3 is 0 Å². The fourth-order valence-corrected chi connectivity index (χ4v) is 3.58. The van der Waals surface area contributed by atoms with Crippen molar-refractivity contribution in [3.05, 3.63) is 47.8 Å². The van der Waals surface area contributed by atoms with Crippen molar-refractivity contribution in [1.29, 1.82) is 0 Å². The second-order valence-electron chi connectivity index (χ2n) is 6.78. The zero-order valence-corrected chi connectivity index (χ0v) is 15.0. The number of hydrogen-bond donors (Lipinski definition) is 1. The lowest BCUT2D eigenvalue weighted by atomic mass is 9.86. The molecule has 0 spiro atoms. The highest BCUT2D eigenvalue weighted by Crippen LogP contribution is 2.35. The summed E-state index contributed by atoms with van der Waals surface area (Å²) in [7, 11) is 3.45. The lowest BCUT2D eigenvalue weighted by Gasteiger charge is -2.37. The Labute approximate surface area is 148 Å². The largest absolute Gasteiger partial charge is 0.497 e. The standard InChI is InChI=1S/C19H25N3O3/c1-19(24,14-6-8-16(25-3)9-7-14)17-5-4-11-22(17)18(23)13-15-10-12-21(2)20-15/h6-10,12,17,24H,4-5,11,13H2,1-3H3/t17-,19+/m0/s1. The van der Waals surface area contributed by atoms with E-state index >= 15 is 0 Å². The summed E-state index contributed by atoms with van der Waals surface area (Å²) in [5.74, 6) is 0.754. The van der Waals surface area contributed by atoms with Crippen LogP contribution >= 0.6 is 0 Å². The number of carbonyl (C=O) groups is 1. The molecule has 1 aliphatic heterocycles. The minimum atomic E-state index is -1.11. The minimum Gasteiger partial charge on any atom is -0.497 e. The summed E-state index contributed by atoms with van der Waals surface area (Å²) < 4.78 is 6.87. The van der Waals surface area contributed by atoms with E-state index in [2.05, 4.69) is 5.10 Å². The number of methoxy groups -OCH3 is 1.